The highest BCUT2D eigenvalue weighted by atomic mass is 14.7. The fourth-order valence-electron chi connectivity index (χ4n) is 0.717. The maximum atomic E-state index is 4.18. The largest absolute Gasteiger partial charge is 0.261 e. The second-order valence-corrected chi connectivity index (χ2v) is 3.12. The highest BCUT2D eigenvalue weighted by molar-refractivity contribution is 5.06. The van der Waals surface area contributed by atoms with Crippen LogP contribution in [0.1, 0.15) is 59.6 Å². The highest BCUT2D eigenvalue weighted by Gasteiger charge is 1.95. The van der Waals surface area contributed by atoms with Gasteiger partial charge in [0.1, 0.15) is 0 Å². The summed E-state index contributed by atoms with van der Waals surface area (Å²) < 4.78 is 0. The molecule has 0 amide bonds. The monoisotopic (exact) mass is 195 g/mol. The van der Waals surface area contributed by atoms with E-state index in [2.05, 4.69) is 32.7 Å². The lowest BCUT2D eigenvalue weighted by molar-refractivity contribution is 0.823. The Morgan fingerprint density at radius 1 is 1.14 bits per heavy atom. The van der Waals surface area contributed by atoms with E-state index in [0.717, 1.165) is 5.69 Å². The van der Waals surface area contributed by atoms with Crippen LogP contribution in [0.4, 0.5) is 0 Å². The quantitative estimate of drug-likeness (QED) is 0.635. The van der Waals surface area contributed by atoms with Gasteiger partial charge in [-0.15, -0.1) is 0 Å². The minimum Gasteiger partial charge on any atom is -0.261 e. The summed E-state index contributed by atoms with van der Waals surface area (Å²) in [5.41, 5.74) is 1.16. The normalized spacial score (nSPS) is 8.21. The molecule has 0 atom stereocenters. The van der Waals surface area contributed by atoms with Crippen molar-refractivity contribution in [3.05, 3.63) is 30.1 Å². The Bertz CT molecular complexity index is 180. The molecular weight excluding hydrogens is 170 g/mol. The fourth-order valence-corrected chi connectivity index (χ4v) is 0.717. The molecule has 0 fully saturated rings. The first-order valence-corrected chi connectivity index (χ1v) is 5.63. The first-order chi connectivity index (χ1) is 6.72. The summed E-state index contributed by atoms with van der Waals surface area (Å²) in [6.07, 6.45) is 3.08. The fraction of sp³-hybridized carbons (Fsp3) is 0.615. The summed E-state index contributed by atoms with van der Waals surface area (Å²) in [5.74, 6) is 0.547. The van der Waals surface area contributed by atoms with Gasteiger partial charge in [-0.1, -0.05) is 54.0 Å². The third-order valence-corrected chi connectivity index (χ3v) is 1.28. The van der Waals surface area contributed by atoms with Gasteiger partial charge in [0, 0.05) is 11.9 Å². The van der Waals surface area contributed by atoms with Crippen molar-refractivity contribution in [3.63, 3.8) is 0 Å². The zero-order valence-corrected chi connectivity index (χ0v) is 10.5. The molecule has 0 aliphatic rings. The van der Waals surface area contributed by atoms with Gasteiger partial charge in [0.25, 0.3) is 0 Å². The van der Waals surface area contributed by atoms with Crippen LogP contribution in [0.3, 0.4) is 0 Å². The van der Waals surface area contributed by atoms with Crippen molar-refractivity contribution in [1.82, 2.24) is 4.98 Å². The lowest BCUT2D eigenvalue weighted by Gasteiger charge is -2.00. The van der Waals surface area contributed by atoms with E-state index >= 15 is 0 Å². The van der Waals surface area contributed by atoms with Crippen LogP contribution in [-0.2, 0) is 0 Å². The Balaban J connectivity index is 0. The Kier molecular flexibility index (Phi) is 13.6. The van der Waals surface area contributed by atoms with Crippen LogP contribution in [0.25, 0.3) is 0 Å². The first-order valence-electron chi connectivity index (χ1n) is 5.63. The van der Waals surface area contributed by atoms with Gasteiger partial charge in [-0.3, -0.25) is 4.98 Å². The number of hydrogen-bond acceptors (Lipinski definition) is 1. The van der Waals surface area contributed by atoms with Gasteiger partial charge in [-0.05, 0) is 18.1 Å². The third-order valence-electron chi connectivity index (χ3n) is 1.28. The molecule has 0 saturated carbocycles. The Morgan fingerprint density at radius 2 is 1.64 bits per heavy atom. The van der Waals surface area contributed by atoms with E-state index in [0.29, 0.717) is 5.92 Å². The van der Waals surface area contributed by atoms with E-state index in [1.807, 2.05) is 38.2 Å². The topological polar surface area (TPSA) is 12.9 Å². The van der Waals surface area contributed by atoms with Gasteiger partial charge in [-0.25, -0.2) is 0 Å². The van der Waals surface area contributed by atoms with Gasteiger partial charge in [0.15, 0.2) is 0 Å². The van der Waals surface area contributed by atoms with Gasteiger partial charge in [-0.2, -0.15) is 0 Å². The molecular formula is C13H25N. The molecule has 0 aromatic carbocycles. The molecule has 0 radical (unpaired) electrons. The summed E-state index contributed by atoms with van der Waals surface area (Å²) in [7, 11) is 0. The van der Waals surface area contributed by atoms with Crippen molar-refractivity contribution < 1.29 is 0 Å². The van der Waals surface area contributed by atoms with Gasteiger partial charge >= 0.3 is 0 Å². The molecule has 82 valence electrons. The Labute approximate surface area is 89.6 Å². The second-order valence-electron chi connectivity index (χ2n) is 3.12. The van der Waals surface area contributed by atoms with Crippen molar-refractivity contribution in [2.45, 2.75) is 53.9 Å². The molecule has 0 aliphatic carbocycles. The number of nitrogens with zero attached hydrogens (tertiary/aromatic N) is 1. The number of pyridine rings is 1. The van der Waals surface area contributed by atoms with E-state index in [-0.39, 0.29) is 0 Å². The highest BCUT2D eigenvalue weighted by Crippen LogP contribution is 2.08. The average molecular weight is 195 g/mol. The smallest absolute Gasteiger partial charge is 0.0428 e. The predicted molar refractivity (Wildman–Crippen MR) is 65.6 cm³/mol. The summed E-state index contributed by atoms with van der Waals surface area (Å²) in [4.78, 5) is 4.18. The zero-order chi connectivity index (χ0) is 11.4. The van der Waals surface area contributed by atoms with Crippen molar-refractivity contribution in [2.24, 2.45) is 0 Å². The van der Waals surface area contributed by atoms with Gasteiger partial charge < -0.3 is 0 Å². The summed E-state index contributed by atoms with van der Waals surface area (Å²) in [6.45, 7) is 12.5. The van der Waals surface area contributed by atoms with Crippen LogP contribution < -0.4 is 0 Å². The second kappa shape index (κ2) is 12.2. The van der Waals surface area contributed by atoms with Crippen LogP contribution in [-0.4, -0.2) is 4.98 Å². The molecule has 0 N–H and O–H groups in total. The molecule has 0 saturated heterocycles. The van der Waals surface area contributed by atoms with Crippen LogP contribution in [0.2, 0.25) is 0 Å². The van der Waals surface area contributed by atoms with Crippen molar-refractivity contribution in [1.29, 1.82) is 0 Å². The summed E-state index contributed by atoms with van der Waals surface area (Å²) in [5, 5.41) is 0. The lowest BCUT2D eigenvalue weighted by Crippen LogP contribution is -1.88. The molecule has 0 aliphatic heterocycles. The maximum absolute atomic E-state index is 4.18. The van der Waals surface area contributed by atoms with Gasteiger partial charge in [0.2, 0.25) is 0 Å². The van der Waals surface area contributed by atoms with Gasteiger partial charge in [0.05, 0.1) is 0 Å². The van der Waals surface area contributed by atoms with Crippen molar-refractivity contribution in [2.75, 3.05) is 0 Å². The standard InChI is InChI=1S/C8H11N.C3H8.C2H6/c1-7(2)8-5-3-4-6-9-8;1-3-2;1-2/h3-7H,1-2H3;3H2,1-2H3;1-2H3. The number of rotatable bonds is 1. The van der Waals surface area contributed by atoms with Crippen molar-refractivity contribution >= 4 is 0 Å². The summed E-state index contributed by atoms with van der Waals surface area (Å²) >= 11 is 0. The average Bonchev–Trinajstić information content (AvgIpc) is 2.23. The predicted octanol–water partition coefficient (Wildman–Crippen LogP) is 4.65. The van der Waals surface area contributed by atoms with E-state index in [4.69, 9.17) is 0 Å². The zero-order valence-electron chi connectivity index (χ0n) is 10.5. The number of aromatic nitrogens is 1. The molecule has 0 spiro atoms. The van der Waals surface area contributed by atoms with E-state index in [9.17, 15) is 0 Å². The van der Waals surface area contributed by atoms with Crippen LogP contribution >= 0.6 is 0 Å². The van der Waals surface area contributed by atoms with Crippen LogP contribution in [0.5, 0.6) is 0 Å². The van der Waals surface area contributed by atoms with E-state index in [1.54, 1.807) is 0 Å². The van der Waals surface area contributed by atoms with E-state index < -0.39 is 0 Å². The molecule has 1 heteroatoms. The van der Waals surface area contributed by atoms with E-state index in [1.165, 1.54) is 6.42 Å². The van der Waals surface area contributed by atoms with Crippen LogP contribution in [0, 0.1) is 0 Å². The molecule has 1 nitrogen and oxygen atoms in total. The molecule has 1 heterocycles. The number of hydrogen-bond donors (Lipinski definition) is 0. The minimum absolute atomic E-state index is 0.547. The SMILES string of the molecule is CC.CC(C)c1ccccn1.CCC. The molecule has 0 bridgehead atoms. The Morgan fingerprint density at radius 3 is 1.86 bits per heavy atom. The lowest BCUT2D eigenvalue weighted by atomic mass is 10.1. The first kappa shape index (κ1) is 15.6. The van der Waals surface area contributed by atoms with Crippen molar-refractivity contribution in [3.8, 4) is 0 Å². The molecule has 0 unspecified atom stereocenters. The molecule has 14 heavy (non-hydrogen) atoms. The minimum atomic E-state index is 0.547. The summed E-state index contributed by atoms with van der Waals surface area (Å²) in [6, 6.07) is 6.00. The maximum Gasteiger partial charge on any atom is 0.0428 e. The molecule has 1 rings (SSSR count). The Hall–Kier alpha value is -0.850. The third kappa shape index (κ3) is 9.24. The molecule has 1 aromatic heterocycles. The molecule has 1 aromatic rings. The van der Waals surface area contributed by atoms with Crippen LogP contribution in [0.15, 0.2) is 24.4 Å².